The molecule has 1 aliphatic rings. The number of likely N-dealkylation sites (tertiary alicyclic amines) is 1. The first-order valence-electron chi connectivity index (χ1n) is 8.93. The van der Waals surface area contributed by atoms with Crippen molar-refractivity contribution in [2.75, 3.05) is 18.4 Å². The number of carbonyl (C=O) groups excluding carboxylic acids is 1. The molecule has 0 radical (unpaired) electrons. The van der Waals surface area contributed by atoms with E-state index in [4.69, 9.17) is 4.42 Å². The molecule has 134 valence electrons. The van der Waals surface area contributed by atoms with Crippen molar-refractivity contribution < 1.29 is 9.21 Å². The van der Waals surface area contributed by atoms with Crippen molar-refractivity contribution in [1.82, 2.24) is 9.88 Å². The standard InChI is InChI=1S/C20H27N3O2/c1-14-7-8-16(11-17(14)18-21-15(2)12-25-18)22-19(24)23-10-6-5-9-20(3,4)13-23/h7-8,11-12H,5-6,9-10,13H2,1-4H3,(H,22,24). The van der Waals surface area contributed by atoms with E-state index in [1.807, 2.05) is 36.9 Å². The maximum Gasteiger partial charge on any atom is 0.321 e. The predicted octanol–water partition coefficient (Wildman–Crippen LogP) is 5.00. The predicted molar refractivity (Wildman–Crippen MR) is 99.6 cm³/mol. The van der Waals surface area contributed by atoms with Gasteiger partial charge in [-0.3, -0.25) is 0 Å². The third-order valence-corrected chi connectivity index (χ3v) is 4.78. The Morgan fingerprint density at radius 3 is 2.80 bits per heavy atom. The molecule has 0 spiro atoms. The highest BCUT2D eigenvalue weighted by Gasteiger charge is 2.27. The molecule has 3 rings (SSSR count). The van der Waals surface area contributed by atoms with E-state index in [-0.39, 0.29) is 11.4 Å². The fourth-order valence-electron chi connectivity index (χ4n) is 3.36. The Bertz CT molecular complexity index is 764. The number of aromatic nitrogens is 1. The molecule has 2 heterocycles. The van der Waals surface area contributed by atoms with E-state index in [1.54, 1.807) is 6.26 Å². The number of aryl methyl sites for hydroxylation is 2. The van der Waals surface area contributed by atoms with Gasteiger partial charge in [0.15, 0.2) is 0 Å². The number of oxazole rings is 1. The molecule has 0 unspecified atom stereocenters. The number of anilines is 1. The molecule has 0 atom stereocenters. The lowest BCUT2D eigenvalue weighted by molar-refractivity contribution is 0.188. The van der Waals surface area contributed by atoms with Crippen molar-refractivity contribution in [2.24, 2.45) is 5.41 Å². The average Bonchev–Trinajstić information content (AvgIpc) is 2.89. The molecule has 0 saturated carbocycles. The van der Waals surface area contributed by atoms with Crippen LogP contribution < -0.4 is 5.32 Å². The molecular weight excluding hydrogens is 314 g/mol. The van der Waals surface area contributed by atoms with Crippen LogP contribution in [0.15, 0.2) is 28.9 Å². The summed E-state index contributed by atoms with van der Waals surface area (Å²) in [6.07, 6.45) is 5.04. The van der Waals surface area contributed by atoms with Crippen LogP contribution >= 0.6 is 0 Å². The van der Waals surface area contributed by atoms with E-state index < -0.39 is 0 Å². The van der Waals surface area contributed by atoms with Gasteiger partial charge >= 0.3 is 6.03 Å². The Kier molecular flexibility index (Phi) is 4.84. The highest BCUT2D eigenvalue weighted by molar-refractivity contribution is 5.90. The Labute approximate surface area is 149 Å². The van der Waals surface area contributed by atoms with Crippen molar-refractivity contribution in [3.8, 4) is 11.5 Å². The van der Waals surface area contributed by atoms with E-state index in [2.05, 4.69) is 24.1 Å². The first-order valence-corrected chi connectivity index (χ1v) is 8.93. The molecule has 1 saturated heterocycles. The molecule has 0 aliphatic carbocycles. The molecule has 5 heteroatoms. The molecular formula is C20H27N3O2. The van der Waals surface area contributed by atoms with Gasteiger partial charge in [-0.15, -0.1) is 0 Å². The van der Waals surface area contributed by atoms with Crippen LogP contribution in [-0.2, 0) is 0 Å². The largest absolute Gasteiger partial charge is 0.444 e. The van der Waals surface area contributed by atoms with Crippen molar-refractivity contribution in [2.45, 2.75) is 47.0 Å². The Morgan fingerprint density at radius 2 is 2.08 bits per heavy atom. The zero-order valence-corrected chi connectivity index (χ0v) is 15.6. The van der Waals surface area contributed by atoms with E-state index in [0.717, 1.165) is 48.4 Å². The summed E-state index contributed by atoms with van der Waals surface area (Å²) in [4.78, 5) is 19.0. The summed E-state index contributed by atoms with van der Waals surface area (Å²) in [5, 5.41) is 3.04. The lowest BCUT2D eigenvalue weighted by Crippen LogP contribution is -2.40. The normalized spacial score (nSPS) is 17.2. The van der Waals surface area contributed by atoms with Crippen LogP contribution in [0.2, 0.25) is 0 Å². The minimum atomic E-state index is -0.0339. The minimum Gasteiger partial charge on any atom is -0.444 e. The molecule has 5 nitrogen and oxygen atoms in total. The van der Waals surface area contributed by atoms with Crippen LogP contribution in [0.25, 0.3) is 11.5 Å². The van der Waals surface area contributed by atoms with Crippen molar-refractivity contribution >= 4 is 11.7 Å². The quantitative estimate of drug-likeness (QED) is 0.836. The molecule has 1 aliphatic heterocycles. The highest BCUT2D eigenvalue weighted by Crippen LogP contribution is 2.29. The van der Waals surface area contributed by atoms with Crippen molar-refractivity contribution in [3.63, 3.8) is 0 Å². The molecule has 1 fully saturated rings. The number of nitrogens with zero attached hydrogens (tertiary/aromatic N) is 2. The van der Waals surface area contributed by atoms with Gasteiger partial charge in [-0.05, 0) is 49.8 Å². The average molecular weight is 341 g/mol. The summed E-state index contributed by atoms with van der Waals surface area (Å²) in [5.41, 5.74) is 3.75. The third kappa shape index (κ3) is 4.21. The maximum atomic E-state index is 12.7. The van der Waals surface area contributed by atoms with Gasteiger partial charge in [0, 0.05) is 24.3 Å². The lowest BCUT2D eigenvalue weighted by atomic mass is 9.88. The number of nitrogens with one attached hydrogen (secondary N) is 1. The Morgan fingerprint density at radius 1 is 1.28 bits per heavy atom. The van der Waals surface area contributed by atoms with Crippen molar-refractivity contribution in [1.29, 1.82) is 0 Å². The fraction of sp³-hybridized carbons (Fsp3) is 0.500. The Balaban J connectivity index is 1.77. The van der Waals surface area contributed by atoms with Gasteiger partial charge in [-0.25, -0.2) is 9.78 Å². The summed E-state index contributed by atoms with van der Waals surface area (Å²) < 4.78 is 5.52. The third-order valence-electron chi connectivity index (χ3n) is 4.78. The van der Waals surface area contributed by atoms with Crippen LogP contribution in [0.5, 0.6) is 0 Å². The minimum absolute atomic E-state index is 0.0339. The number of hydrogen-bond donors (Lipinski definition) is 1. The van der Waals surface area contributed by atoms with Gasteiger partial charge in [0.2, 0.25) is 5.89 Å². The number of benzene rings is 1. The number of urea groups is 1. The maximum absolute atomic E-state index is 12.7. The van der Waals surface area contributed by atoms with Gasteiger partial charge in [0.05, 0.1) is 5.69 Å². The Hall–Kier alpha value is -2.30. The van der Waals surface area contributed by atoms with Crippen molar-refractivity contribution in [3.05, 3.63) is 35.7 Å². The summed E-state index contributed by atoms with van der Waals surface area (Å²) in [6, 6.07) is 5.81. The molecule has 2 amide bonds. The summed E-state index contributed by atoms with van der Waals surface area (Å²) in [5.74, 6) is 0.585. The zero-order chi connectivity index (χ0) is 18.0. The second-order valence-corrected chi connectivity index (χ2v) is 7.80. The van der Waals surface area contributed by atoms with Gasteiger partial charge in [0.1, 0.15) is 6.26 Å². The van der Waals surface area contributed by atoms with Gasteiger partial charge in [-0.2, -0.15) is 0 Å². The number of carbonyl (C=O) groups is 1. The summed E-state index contributed by atoms with van der Waals surface area (Å²) in [6.45, 7) is 9.97. The number of rotatable bonds is 2. The highest BCUT2D eigenvalue weighted by atomic mass is 16.3. The molecule has 25 heavy (non-hydrogen) atoms. The second-order valence-electron chi connectivity index (χ2n) is 7.80. The van der Waals surface area contributed by atoms with Crippen LogP contribution in [0.1, 0.15) is 44.4 Å². The lowest BCUT2D eigenvalue weighted by Gasteiger charge is -2.29. The SMILES string of the molecule is Cc1coc(-c2cc(NC(=O)N3CCCCC(C)(C)C3)ccc2C)n1. The smallest absolute Gasteiger partial charge is 0.321 e. The van der Waals surface area contributed by atoms with Gasteiger partial charge in [0.25, 0.3) is 0 Å². The summed E-state index contributed by atoms with van der Waals surface area (Å²) in [7, 11) is 0. The number of hydrogen-bond acceptors (Lipinski definition) is 3. The molecule has 1 aromatic carbocycles. The fourth-order valence-corrected chi connectivity index (χ4v) is 3.36. The molecule has 1 N–H and O–H groups in total. The first kappa shape index (κ1) is 17.5. The van der Waals surface area contributed by atoms with E-state index in [1.165, 1.54) is 6.42 Å². The van der Waals surface area contributed by atoms with Crippen LogP contribution in [0, 0.1) is 19.3 Å². The van der Waals surface area contributed by atoms with E-state index >= 15 is 0 Å². The number of amides is 2. The molecule has 1 aromatic heterocycles. The second kappa shape index (κ2) is 6.90. The topological polar surface area (TPSA) is 58.4 Å². The molecule has 0 bridgehead atoms. The van der Waals surface area contributed by atoms with Gasteiger partial charge in [-0.1, -0.05) is 26.3 Å². The van der Waals surface area contributed by atoms with Crippen LogP contribution in [-0.4, -0.2) is 29.0 Å². The summed E-state index contributed by atoms with van der Waals surface area (Å²) >= 11 is 0. The van der Waals surface area contributed by atoms with Crippen LogP contribution in [0.3, 0.4) is 0 Å². The molecule has 2 aromatic rings. The van der Waals surface area contributed by atoms with E-state index in [0.29, 0.717) is 5.89 Å². The first-order chi connectivity index (χ1) is 11.8. The van der Waals surface area contributed by atoms with E-state index in [9.17, 15) is 4.79 Å². The monoisotopic (exact) mass is 341 g/mol. The zero-order valence-electron chi connectivity index (χ0n) is 15.6. The van der Waals surface area contributed by atoms with Crippen LogP contribution in [0.4, 0.5) is 10.5 Å². The van der Waals surface area contributed by atoms with Gasteiger partial charge < -0.3 is 14.6 Å².